The summed E-state index contributed by atoms with van der Waals surface area (Å²) in [4.78, 5) is 24.8. The highest BCUT2D eigenvalue weighted by atomic mass is 16.6. The molecule has 19 heavy (non-hydrogen) atoms. The minimum atomic E-state index is -0.477. The lowest BCUT2D eigenvalue weighted by molar-refractivity contribution is -0.385. The third-order valence-electron chi connectivity index (χ3n) is 3.41. The van der Waals surface area contributed by atoms with E-state index in [0.717, 1.165) is 6.54 Å². The van der Waals surface area contributed by atoms with Gasteiger partial charge in [0.05, 0.1) is 4.92 Å². The van der Waals surface area contributed by atoms with Crippen LogP contribution in [0.15, 0.2) is 18.2 Å². The van der Waals surface area contributed by atoms with Gasteiger partial charge in [0, 0.05) is 31.2 Å². The second kappa shape index (κ2) is 5.36. The molecule has 1 heterocycles. The molecule has 0 spiro atoms. The quantitative estimate of drug-likeness (QED) is 0.645. The molecule has 1 aliphatic heterocycles. The number of hydrogen-bond donors (Lipinski definition) is 1. The van der Waals surface area contributed by atoms with E-state index < -0.39 is 4.92 Å². The molecule has 1 aromatic carbocycles. The first-order chi connectivity index (χ1) is 9.02. The smallest absolute Gasteiger partial charge is 0.285 e. The molecule has 1 fully saturated rings. The van der Waals surface area contributed by atoms with Crippen LogP contribution in [-0.4, -0.2) is 41.4 Å². The zero-order valence-electron chi connectivity index (χ0n) is 11.0. The predicted octanol–water partition coefficient (Wildman–Crippen LogP) is 1.34. The third-order valence-corrected chi connectivity index (χ3v) is 3.41. The molecule has 6 nitrogen and oxygen atoms in total. The fourth-order valence-corrected chi connectivity index (χ4v) is 2.37. The van der Waals surface area contributed by atoms with Crippen molar-refractivity contribution in [1.29, 1.82) is 0 Å². The maximum atomic E-state index is 12.5. The molecule has 0 aliphatic carbocycles. The van der Waals surface area contributed by atoms with Crippen LogP contribution in [0.1, 0.15) is 22.8 Å². The fourth-order valence-electron chi connectivity index (χ4n) is 2.37. The molecule has 2 rings (SSSR count). The van der Waals surface area contributed by atoms with Crippen LogP contribution < -0.4 is 5.32 Å². The highest BCUT2D eigenvalue weighted by Gasteiger charge is 2.29. The Morgan fingerprint density at radius 1 is 1.53 bits per heavy atom. The Labute approximate surface area is 111 Å². The van der Waals surface area contributed by atoms with Crippen LogP contribution in [0, 0.1) is 17.0 Å². The minimum absolute atomic E-state index is 0.0429. The van der Waals surface area contributed by atoms with Gasteiger partial charge in [-0.3, -0.25) is 14.9 Å². The molecule has 0 bridgehead atoms. The lowest BCUT2D eigenvalue weighted by Gasteiger charge is -2.33. The Bertz CT molecular complexity index is 516. The van der Waals surface area contributed by atoms with Gasteiger partial charge in [-0.15, -0.1) is 0 Å². The van der Waals surface area contributed by atoms with E-state index in [1.54, 1.807) is 24.0 Å². The van der Waals surface area contributed by atoms with Gasteiger partial charge in [0.2, 0.25) is 0 Å². The van der Waals surface area contributed by atoms with Gasteiger partial charge in [0.1, 0.15) is 5.56 Å². The molecular weight excluding hydrogens is 246 g/mol. The van der Waals surface area contributed by atoms with E-state index in [1.807, 2.05) is 6.92 Å². The van der Waals surface area contributed by atoms with E-state index in [-0.39, 0.29) is 23.2 Å². The number of hydrogen-bond acceptors (Lipinski definition) is 4. The van der Waals surface area contributed by atoms with Crippen molar-refractivity contribution in [2.24, 2.45) is 0 Å². The van der Waals surface area contributed by atoms with E-state index >= 15 is 0 Å². The fraction of sp³-hybridized carbons (Fsp3) is 0.462. The monoisotopic (exact) mass is 263 g/mol. The number of piperazine rings is 1. The summed E-state index contributed by atoms with van der Waals surface area (Å²) in [5.74, 6) is -0.260. The summed E-state index contributed by atoms with van der Waals surface area (Å²) >= 11 is 0. The molecule has 6 heteroatoms. The highest BCUT2D eigenvalue weighted by Crippen LogP contribution is 2.25. The van der Waals surface area contributed by atoms with Crippen molar-refractivity contribution in [1.82, 2.24) is 10.2 Å². The second-order valence-corrected chi connectivity index (χ2v) is 4.78. The number of rotatable bonds is 2. The Balaban J connectivity index is 2.38. The molecule has 1 saturated heterocycles. The van der Waals surface area contributed by atoms with Crippen LogP contribution in [0.3, 0.4) is 0 Å². The molecular formula is C13H17N3O3. The van der Waals surface area contributed by atoms with Crippen LogP contribution in [0.4, 0.5) is 5.69 Å². The summed E-state index contributed by atoms with van der Waals surface area (Å²) in [6.07, 6.45) is 0. The highest BCUT2D eigenvalue weighted by molar-refractivity contribution is 5.98. The minimum Gasteiger partial charge on any atom is -0.333 e. The van der Waals surface area contributed by atoms with E-state index in [4.69, 9.17) is 0 Å². The molecule has 0 saturated carbocycles. The summed E-state index contributed by atoms with van der Waals surface area (Å²) < 4.78 is 0. The number of para-hydroxylation sites is 1. The molecule has 1 atom stereocenters. The number of amides is 1. The summed E-state index contributed by atoms with van der Waals surface area (Å²) in [5, 5.41) is 14.3. The maximum Gasteiger partial charge on any atom is 0.285 e. The number of nitro groups is 1. The predicted molar refractivity (Wildman–Crippen MR) is 71.2 cm³/mol. The van der Waals surface area contributed by atoms with Crippen LogP contribution in [0.5, 0.6) is 0 Å². The van der Waals surface area contributed by atoms with Crippen molar-refractivity contribution in [2.75, 3.05) is 19.6 Å². The van der Waals surface area contributed by atoms with Crippen LogP contribution in [0.2, 0.25) is 0 Å². The first-order valence-corrected chi connectivity index (χ1v) is 6.28. The van der Waals surface area contributed by atoms with Gasteiger partial charge in [0.25, 0.3) is 11.6 Å². The largest absolute Gasteiger partial charge is 0.333 e. The number of benzene rings is 1. The summed E-state index contributed by atoms with van der Waals surface area (Å²) in [7, 11) is 0. The average molecular weight is 263 g/mol. The molecule has 0 aromatic heterocycles. The number of nitrogens with one attached hydrogen (secondary N) is 1. The van der Waals surface area contributed by atoms with Gasteiger partial charge in [-0.05, 0) is 19.9 Å². The van der Waals surface area contributed by atoms with E-state index in [1.165, 1.54) is 6.07 Å². The molecule has 0 unspecified atom stereocenters. The standard InChI is InChI=1S/C13H17N3O3/c1-9-4-3-5-11(12(9)16(18)19)13(17)15-7-6-14-8-10(15)2/h3-5,10,14H,6-8H2,1-2H3/t10-/m0/s1. The molecule has 0 radical (unpaired) electrons. The number of carbonyl (C=O) groups is 1. The lowest BCUT2D eigenvalue weighted by Crippen LogP contribution is -2.52. The Morgan fingerprint density at radius 3 is 2.89 bits per heavy atom. The molecule has 1 amide bonds. The van der Waals surface area contributed by atoms with Crippen molar-refractivity contribution in [3.63, 3.8) is 0 Å². The van der Waals surface area contributed by atoms with Gasteiger partial charge in [0.15, 0.2) is 0 Å². The Hall–Kier alpha value is -1.95. The number of nitro benzene ring substituents is 1. The Morgan fingerprint density at radius 2 is 2.26 bits per heavy atom. The van der Waals surface area contributed by atoms with Crippen molar-refractivity contribution in [3.05, 3.63) is 39.4 Å². The van der Waals surface area contributed by atoms with E-state index in [2.05, 4.69) is 5.32 Å². The number of aryl methyl sites for hydroxylation is 1. The summed E-state index contributed by atoms with van der Waals surface area (Å²) in [5.41, 5.74) is 0.607. The van der Waals surface area contributed by atoms with Gasteiger partial charge < -0.3 is 10.2 Å². The van der Waals surface area contributed by atoms with Gasteiger partial charge in [-0.2, -0.15) is 0 Å². The molecule has 1 aromatic rings. The van der Waals surface area contributed by atoms with E-state index in [0.29, 0.717) is 18.7 Å². The average Bonchev–Trinajstić information content (AvgIpc) is 2.37. The first kappa shape index (κ1) is 13.5. The lowest BCUT2D eigenvalue weighted by atomic mass is 10.1. The Kier molecular flexibility index (Phi) is 3.80. The molecule has 1 aliphatic rings. The van der Waals surface area contributed by atoms with Gasteiger partial charge in [-0.1, -0.05) is 12.1 Å². The zero-order chi connectivity index (χ0) is 14.0. The zero-order valence-corrected chi connectivity index (χ0v) is 11.0. The van der Waals surface area contributed by atoms with Crippen molar-refractivity contribution in [3.8, 4) is 0 Å². The number of nitrogens with zero attached hydrogens (tertiary/aromatic N) is 2. The third kappa shape index (κ3) is 2.58. The molecule has 102 valence electrons. The topological polar surface area (TPSA) is 75.5 Å². The van der Waals surface area contributed by atoms with Crippen LogP contribution >= 0.6 is 0 Å². The maximum absolute atomic E-state index is 12.5. The van der Waals surface area contributed by atoms with E-state index in [9.17, 15) is 14.9 Å². The normalized spacial score (nSPS) is 19.3. The van der Waals surface area contributed by atoms with Gasteiger partial charge >= 0.3 is 0 Å². The van der Waals surface area contributed by atoms with Crippen LogP contribution in [-0.2, 0) is 0 Å². The van der Waals surface area contributed by atoms with Gasteiger partial charge in [-0.25, -0.2) is 0 Å². The van der Waals surface area contributed by atoms with Crippen molar-refractivity contribution >= 4 is 11.6 Å². The molecule has 1 N–H and O–H groups in total. The summed E-state index contributed by atoms with van der Waals surface area (Å²) in [6, 6.07) is 4.90. The second-order valence-electron chi connectivity index (χ2n) is 4.78. The first-order valence-electron chi connectivity index (χ1n) is 6.28. The summed E-state index contributed by atoms with van der Waals surface area (Å²) in [6.45, 7) is 5.59. The van der Waals surface area contributed by atoms with Crippen LogP contribution in [0.25, 0.3) is 0 Å². The SMILES string of the molecule is Cc1cccc(C(=O)N2CCNC[C@@H]2C)c1[N+](=O)[O-]. The van der Waals surface area contributed by atoms with Crippen molar-refractivity contribution in [2.45, 2.75) is 19.9 Å². The van der Waals surface area contributed by atoms with Crippen molar-refractivity contribution < 1.29 is 9.72 Å². The number of carbonyl (C=O) groups excluding carboxylic acids is 1.